The molecule has 0 spiro atoms. The summed E-state index contributed by atoms with van der Waals surface area (Å²) < 4.78 is 14.0. The van der Waals surface area contributed by atoms with Crippen LogP contribution in [-0.4, -0.2) is 45.6 Å². The minimum atomic E-state index is -0.628. The van der Waals surface area contributed by atoms with Crippen molar-refractivity contribution in [2.45, 2.75) is 25.5 Å². The van der Waals surface area contributed by atoms with Crippen molar-refractivity contribution in [1.82, 2.24) is 14.7 Å². The molecule has 5 rings (SSSR count). The molecule has 1 aromatic heterocycles. The third-order valence-corrected chi connectivity index (χ3v) is 6.66. The van der Waals surface area contributed by atoms with E-state index in [4.69, 9.17) is 26.2 Å². The summed E-state index contributed by atoms with van der Waals surface area (Å²) in [6.45, 7) is 2.23. The van der Waals surface area contributed by atoms with Gasteiger partial charge in [-0.25, -0.2) is 4.68 Å². The molecule has 0 amide bonds. The number of ether oxygens (including phenoxy) is 2. The lowest BCUT2D eigenvalue weighted by Crippen LogP contribution is -2.36. The van der Waals surface area contributed by atoms with Crippen LogP contribution in [0.15, 0.2) is 84.9 Å². The minimum absolute atomic E-state index is 0.234. The summed E-state index contributed by atoms with van der Waals surface area (Å²) in [5.41, 5.74) is 2.89. The highest BCUT2D eigenvalue weighted by Gasteiger charge is 2.28. The fourth-order valence-corrected chi connectivity index (χ4v) is 4.54. The van der Waals surface area contributed by atoms with Crippen molar-refractivity contribution >= 4 is 11.6 Å². The predicted octanol–water partition coefficient (Wildman–Crippen LogP) is 6.18. The lowest BCUT2D eigenvalue weighted by molar-refractivity contribution is 0.0637. The summed E-state index contributed by atoms with van der Waals surface area (Å²) in [6, 6.07) is 27.1. The van der Waals surface area contributed by atoms with Crippen LogP contribution >= 0.6 is 11.6 Å². The minimum Gasteiger partial charge on any atom is -0.491 e. The first-order valence-electron chi connectivity index (χ1n) is 12.7. The third kappa shape index (κ3) is 6.92. The van der Waals surface area contributed by atoms with Gasteiger partial charge in [0, 0.05) is 37.3 Å². The van der Waals surface area contributed by atoms with Gasteiger partial charge in [-0.1, -0.05) is 60.1 Å². The monoisotopic (exact) mass is 517 g/mol. The molecule has 6 nitrogen and oxygen atoms in total. The van der Waals surface area contributed by atoms with Crippen LogP contribution in [0.1, 0.15) is 18.4 Å². The highest BCUT2D eigenvalue weighted by atomic mass is 35.5. The summed E-state index contributed by atoms with van der Waals surface area (Å²) >= 11 is 6.08. The van der Waals surface area contributed by atoms with Gasteiger partial charge in [-0.2, -0.15) is 5.10 Å². The van der Waals surface area contributed by atoms with E-state index in [9.17, 15) is 5.11 Å². The van der Waals surface area contributed by atoms with Gasteiger partial charge in [0.1, 0.15) is 29.9 Å². The van der Waals surface area contributed by atoms with Gasteiger partial charge in [-0.15, -0.1) is 0 Å². The Morgan fingerprint density at radius 3 is 2.32 bits per heavy atom. The first-order valence-corrected chi connectivity index (χ1v) is 13.1. The molecule has 3 aromatic carbocycles. The molecular formula is C30H32ClN3O3. The average Bonchev–Trinajstić information content (AvgIpc) is 3.69. The Hall–Kier alpha value is -3.32. The number of aromatic nitrogens is 2. The maximum atomic E-state index is 10.9. The second-order valence-electron chi connectivity index (χ2n) is 9.59. The van der Waals surface area contributed by atoms with E-state index in [1.54, 1.807) is 4.68 Å². The molecule has 0 radical (unpaired) electrons. The van der Waals surface area contributed by atoms with E-state index >= 15 is 0 Å². The van der Waals surface area contributed by atoms with E-state index in [-0.39, 0.29) is 6.61 Å². The SMILES string of the molecule is Cn1nc(-c2ccccc2)c(CN(CC2CC2)C[C@H](O)COc2ccccc2)c1Oc1ccc(Cl)cc1. The molecule has 37 heavy (non-hydrogen) atoms. The fraction of sp³-hybridized carbons (Fsp3) is 0.300. The van der Waals surface area contributed by atoms with Crippen LogP contribution in [0.4, 0.5) is 0 Å². The number of hydrogen-bond acceptors (Lipinski definition) is 5. The number of halogens is 1. The molecule has 1 atom stereocenters. The average molecular weight is 518 g/mol. The quantitative estimate of drug-likeness (QED) is 0.243. The van der Waals surface area contributed by atoms with Gasteiger partial charge in [-0.3, -0.25) is 4.90 Å². The van der Waals surface area contributed by atoms with Gasteiger partial charge in [0.15, 0.2) is 0 Å². The molecule has 1 heterocycles. The third-order valence-electron chi connectivity index (χ3n) is 6.41. The van der Waals surface area contributed by atoms with Crippen LogP contribution in [0.3, 0.4) is 0 Å². The summed E-state index contributed by atoms with van der Waals surface area (Å²) in [7, 11) is 1.90. The highest BCUT2D eigenvalue weighted by Crippen LogP contribution is 2.36. The van der Waals surface area contributed by atoms with Crippen molar-refractivity contribution in [1.29, 1.82) is 0 Å². The topological polar surface area (TPSA) is 59.8 Å². The summed E-state index contributed by atoms with van der Waals surface area (Å²) in [4.78, 5) is 2.30. The molecule has 0 saturated heterocycles. The lowest BCUT2D eigenvalue weighted by atomic mass is 10.1. The van der Waals surface area contributed by atoms with E-state index in [1.165, 1.54) is 12.8 Å². The number of benzene rings is 3. The Balaban J connectivity index is 1.40. The molecule has 1 aliphatic rings. The zero-order valence-electron chi connectivity index (χ0n) is 21.0. The van der Waals surface area contributed by atoms with E-state index in [2.05, 4.69) is 17.0 Å². The van der Waals surface area contributed by atoms with Crippen LogP contribution in [0.25, 0.3) is 11.3 Å². The van der Waals surface area contributed by atoms with Crippen molar-refractivity contribution in [3.05, 3.63) is 95.5 Å². The number of rotatable bonds is 12. The molecule has 1 aliphatic carbocycles. The van der Waals surface area contributed by atoms with E-state index in [0.717, 1.165) is 29.1 Å². The second-order valence-corrected chi connectivity index (χ2v) is 10.0. The molecule has 0 unspecified atom stereocenters. The number of aryl methyl sites for hydroxylation is 1. The van der Waals surface area contributed by atoms with Crippen molar-refractivity contribution < 1.29 is 14.6 Å². The Labute approximate surface area is 223 Å². The van der Waals surface area contributed by atoms with Gasteiger partial charge in [0.25, 0.3) is 0 Å². The standard InChI is InChI=1S/C30H32ClN3O3/c1-33-30(37-27-16-14-24(31)15-17-27)28(29(32-33)23-8-4-2-5-9-23)20-34(18-22-12-13-22)19-25(35)21-36-26-10-6-3-7-11-26/h2-11,14-17,22,25,35H,12-13,18-21H2,1H3/t25-/m0/s1. The zero-order valence-corrected chi connectivity index (χ0v) is 21.7. The Kier molecular flexibility index (Phi) is 8.09. The second kappa shape index (κ2) is 11.8. The van der Waals surface area contributed by atoms with E-state index < -0.39 is 6.10 Å². The molecule has 0 bridgehead atoms. The number of nitrogens with zero attached hydrogens (tertiary/aromatic N) is 3. The molecule has 192 valence electrons. The number of hydrogen-bond donors (Lipinski definition) is 1. The number of para-hydroxylation sites is 1. The molecule has 7 heteroatoms. The molecule has 1 saturated carbocycles. The van der Waals surface area contributed by atoms with E-state index in [1.807, 2.05) is 79.8 Å². The molecule has 4 aromatic rings. The Morgan fingerprint density at radius 2 is 1.65 bits per heavy atom. The van der Waals surface area contributed by atoms with Crippen LogP contribution in [0.2, 0.25) is 5.02 Å². The molecule has 0 aliphatic heterocycles. The zero-order chi connectivity index (χ0) is 25.6. The lowest BCUT2D eigenvalue weighted by Gasteiger charge is -2.25. The highest BCUT2D eigenvalue weighted by molar-refractivity contribution is 6.30. The summed E-state index contributed by atoms with van der Waals surface area (Å²) in [5, 5.41) is 16.4. The maximum absolute atomic E-state index is 10.9. The maximum Gasteiger partial charge on any atom is 0.222 e. The predicted molar refractivity (Wildman–Crippen MR) is 146 cm³/mol. The van der Waals surface area contributed by atoms with Gasteiger partial charge >= 0.3 is 0 Å². The summed E-state index contributed by atoms with van der Waals surface area (Å²) in [6.07, 6.45) is 1.82. The molecule has 1 fully saturated rings. The van der Waals surface area contributed by atoms with Crippen molar-refractivity contribution in [3.8, 4) is 28.6 Å². The normalized spacial score (nSPS) is 14.1. The van der Waals surface area contributed by atoms with Crippen molar-refractivity contribution in [3.63, 3.8) is 0 Å². The smallest absolute Gasteiger partial charge is 0.222 e. The molecular weight excluding hydrogens is 486 g/mol. The van der Waals surface area contributed by atoms with Gasteiger partial charge in [0.05, 0.1) is 5.56 Å². The number of aliphatic hydroxyl groups is 1. The fourth-order valence-electron chi connectivity index (χ4n) is 4.42. The largest absolute Gasteiger partial charge is 0.491 e. The Bertz CT molecular complexity index is 1270. The van der Waals surface area contributed by atoms with Crippen LogP contribution in [-0.2, 0) is 13.6 Å². The molecule has 1 N–H and O–H groups in total. The van der Waals surface area contributed by atoms with Crippen LogP contribution in [0, 0.1) is 5.92 Å². The van der Waals surface area contributed by atoms with Crippen LogP contribution in [0.5, 0.6) is 17.4 Å². The van der Waals surface area contributed by atoms with E-state index in [0.29, 0.717) is 35.7 Å². The van der Waals surface area contributed by atoms with Crippen molar-refractivity contribution in [2.24, 2.45) is 13.0 Å². The number of aliphatic hydroxyl groups excluding tert-OH is 1. The van der Waals surface area contributed by atoms with Gasteiger partial charge < -0.3 is 14.6 Å². The van der Waals surface area contributed by atoms with Crippen LogP contribution < -0.4 is 9.47 Å². The van der Waals surface area contributed by atoms with Gasteiger partial charge in [-0.05, 0) is 55.2 Å². The first-order chi connectivity index (χ1) is 18.0. The van der Waals surface area contributed by atoms with Gasteiger partial charge in [0.2, 0.25) is 5.88 Å². The summed E-state index contributed by atoms with van der Waals surface area (Å²) in [5.74, 6) is 2.78. The Morgan fingerprint density at radius 1 is 0.973 bits per heavy atom. The first kappa shape index (κ1) is 25.3. The van der Waals surface area contributed by atoms with Crippen molar-refractivity contribution in [2.75, 3.05) is 19.7 Å².